The first-order chi connectivity index (χ1) is 6.50. The van der Waals surface area contributed by atoms with Gasteiger partial charge in [-0.2, -0.15) is 0 Å². The molecule has 0 aromatic heterocycles. The minimum atomic E-state index is -0.386. The molecule has 0 aromatic rings. The van der Waals surface area contributed by atoms with Crippen LogP contribution in [0.25, 0.3) is 0 Å². The minimum Gasteiger partial charge on any atom is -0.462 e. The molecule has 1 aliphatic rings. The van der Waals surface area contributed by atoms with Crippen LogP contribution in [-0.4, -0.2) is 17.3 Å². The number of halogens is 1. The Labute approximate surface area is 88.8 Å². The van der Waals surface area contributed by atoms with E-state index in [4.69, 9.17) is 16.3 Å². The number of hydrogen-bond acceptors (Lipinski definition) is 3. The number of carbonyl (C=O) groups is 2. The van der Waals surface area contributed by atoms with Crippen LogP contribution in [0.4, 0.5) is 0 Å². The maximum absolute atomic E-state index is 11.1. The number of esters is 1. The Bertz CT molecular complexity index is 240. The standard InChI is InChI=1S/C10H15ClO3/c1-6-3-4-8(10(11)13)9(5-6)14-7(2)12/h6,8-9H,3-5H2,1-2H3/t6-,8-,9+/m0/s1. The molecule has 4 heteroatoms. The lowest BCUT2D eigenvalue weighted by Gasteiger charge is -2.31. The van der Waals surface area contributed by atoms with Gasteiger partial charge in [0.15, 0.2) is 0 Å². The highest BCUT2D eigenvalue weighted by Gasteiger charge is 2.34. The molecule has 0 bridgehead atoms. The highest BCUT2D eigenvalue weighted by molar-refractivity contribution is 6.64. The molecular formula is C10H15ClO3. The van der Waals surface area contributed by atoms with E-state index in [1.54, 1.807) is 0 Å². The summed E-state index contributed by atoms with van der Waals surface area (Å²) in [5.74, 6) is -0.157. The lowest BCUT2D eigenvalue weighted by molar-refractivity contribution is -0.153. The Kier molecular flexibility index (Phi) is 3.93. The molecule has 0 amide bonds. The van der Waals surface area contributed by atoms with Gasteiger partial charge in [0.2, 0.25) is 5.24 Å². The van der Waals surface area contributed by atoms with Gasteiger partial charge < -0.3 is 4.74 Å². The fourth-order valence-electron chi connectivity index (χ4n) is 1.93. The first-order valence-corrected chi connectivity index (χ1v) is 5.25. The zero-order valence-electron chi connectivity index (χ0n) is 8.46. The van der Waals surface area contributed by atoms with Gasteiger partial charge in [-0.05, 0) is 36.8 Å². The van der Waals surface area contributed by atoms with Gasteiger partial charge in [-0.3, -0.25) is 9.59 Å². The highest BCUT2D eigenvalue weighted by Crippen LogP contribution is 2.32. The largest absolute Gasteiger partial charge is 0.462 e. The topological polar surface area (TPSA) is 43.4 Å². The van der Waals surface area contributed by atoms with E-state index in [0.717, 1.165) is 19.3 Å². The summed E-state index contributed by atoms with van der Waals surface area (Å²) in [6.45, 7) is 3.44. The van der Waals surface area contributed by atoms with Crippen molar-refractivity contribution in [1.82, 2.24) is 0 Å². The van der Waals surface area contributed by atoms with Crippen LogP contribution < -0.4 is 0 Å². The summed E-state index contributed by atoms with van der Waals surface area (Å²) in [6, 6.07) is 0. The molecule has 1 aliphatic carbocycles. The molecule has 80 valence electrons. The average Bonchev–Trinajstić information content (AvgIpc) is 2.01. The van der Waals surface area contributed by atoms with Crippen molar-refractivity contribution in [2.24, 2.45) is 11.8 Å². The number of hydrogen-bond donors (Lipinski definition) is 0. The lowest BCUT2D eigenvalue weighted by Crippen LogP contribution is -2.35. The second kappa shape index (κ2) is 4.78. The molecular weight excluding hydrogens is 204 g/mol. The summed E-state index contributed by atoms with van der Waals surface area (Å²) >= 11 is 5.45. The van der Waals surface area contributed by atoms with Crippen LogP contribution in [0.2, 0.25) is 0 Å². The van der Waals surface area contributed by atoms with Crippen LogP contribution in [0.5, 0.6) is 0 Å². The van der Waals surface area contributed by atoms with Gasteiger partial charge in [0.05, 0.1) is 5.92 Å². The molecule has 3 nitrogen and oxygen atoms in total. The Morgan fingerprint density at radius 1 is 1.36 bits per heavy atom. The van der Waals surface area contributed by atoms with Gasteiger partial charge in [0.1, 0.15) is 6.10 Å². The van der Waals surface area contributed by atoms with Crippen molar-refractivity contribution in [3.63, 3.8) is 0 Å². The maximum atomic E-state index is 11.1. The van der Waals surface area contributed by atoms with E-state index < -0.39 is 0 Å². The van der Waals surface area contributed by atoms with Crippen molar-refractivity contribution in [2.75, 3.05) is 0 Å². The summed E-state index contributed by atoms with van der Waals surface area (Å²) in [7, 11) is 0. The predicted octanol–water partition coefficient (Wildman–Crippen LogP) is 2.12. The van der Waals surface area contributed by atoms with Crippen LogP contribution in [0.15, 0.2) is 0 Å². The molecule has 0 unspecified atom stereocenters. The van der Waals surface area contributed by atoms with Crippen LogP contribution in [0, 0.1) is 11.8 Å². The predicted molar refractivity (Wildman–Crippen MR) is 52.9 cm³/mol. The number of ether oxygens (including phenoxy) is 1. The van der Waals surface area contributed by atoms with Gasteiger partial charge in [0.25, 0.3) is 0 Å². The lowest BCUT2D eigenvalue weighted by atomic mass is 9.81. The Morgan fingerprint density at radius 2 is 2.00 bits per heavy atom. The zero-order chi connectivity index (χ0) is 10.7. The van der Waals surface area contributed by atoms with Crippen LogP contribution in [-0.2, 0) is 14.3 Å². The molecule has 0 N–H and O–H groups in total. The van der Waals surface area contributed by atoms with Gasteiger partial charge >= 0.3 is 5.97 Å². The smallest absolute Gasteiger partial charge is 0.302 e. The van der Waals surface area contributed by atoms with E-state index in [0.29, 0.717) is 5.92 Å². The summed E-state index contributed by atoms with van der Waals surface area (Å²) in [5.41, 5.74) is 0. The van der Waals surface area contributed by atoms with E-state index >= 15 is 0 Å². The molecule has 1 fully saturated rings. The Balaban J connectivity index is 2.63. The first kappa shape index (κ1) is 11.5. The average molecular weight is 219 g/mol. The minimum absolute atomic E-state index is 0.309. The fourth-order valence-corrected chi connectivity index (χ4v) is 2.18. The van der Waals surface area contributed by atoms with Crippen molar-refractivity contribution in [3.05, 3.63) is 0 Å². The SMILES string of the molecule is CC(=O)O[C@@H]1C[C@@H](C)CC[C@@H]1C(=O)Cl. The molecule has 0 aliphatic heterocycles. The van der Waals surface area contributed by atoms with E-state index in [9.17, 15) is 9.59 Å². The monoisotopic (exact) mass is 218 g/mol. The van der Waals surface area contributed by atoms with Gasteiger partial charge in [0, 0.05) is 6.92 Å². The van der Waals surface area contributed by atoms with E-state index in [1.165, 1.54) is 6.92 Å². The van der Waals surface area contributed by atoms with Crippen LogP contribution in [0.1, 0.15) is 33.1 Å². The molecule has 0 aromatic carbocycles. The summed E-state index contributed by atoms with van der Waals surface area (Å²) in [6.07, 6.45) is 2.12. The third-order valence-corrected chi connectivity index (χ3v) is 2.94. The van der Waals surface area contributed by atoms with Crippen molar-refractivity contribution in [2.45, 2.75) is 39.2 Å². The third-order valence-electron chi connectivity index (χ3n) is 2.66. The molecule has 0 radical (unpaired) electrons. The quantitative estimate of drug-likeness (QED) is 0.527. The zero-order valence-corrected chi connectivity index (χ0v) is 9.21. The third kappa shape index (κ3) is 2.98. The van der Waals surface area contributed by atoms with Crippen molar-refractivity contribution in [1.29, 1.82) is 0 Å². The van der Waals surface area contributed by atoms with E-state index in [2.05, 4.69) is 6.92 Å². The molecule has 0 saturated heterocycles. The summed E-state index contributed by atoms with van der Waals surface area (Å²) in [4.78, 5) is 21.9. The molecule has 0 heterocycles. The maximum Gasteiger partial charge on any atom is 0.302 e. The van der Waals surface area contributed by atoms with Crippen molar-refractivity contribution in [3.8, 4) is 0 Å². The fraction of sp³-hybridized carbons (Fsp3) is 0.800. The van der Waals surface area contributed by atoms with E-state index in [1.807, 2.05) is 0 Å². The van der Waals surface area contributed by atoms with Crippen LogP contribution >= 0.6 is 11.6 Å². The van der Waals surface area contributed by atoms with E-state index in [-0.39, 0.29) is 23.2 Å². The normalized spacial score (nSPS) is 32.4. The molecule has 3 atom stereocenters. The van der Waals surface area contributed by atoms with Crippen molar-refractivity contribution < 1.29 is 14.3 Å². The van der Waals surface area contributed by atoms with Gasteiger partial charge in [-0.25, -0.2) is 0 Å². The van der Waals surface area contributed by atoms with Crippen molar-refractivity contribution >= 4 is 22.8 Å². The molecule has 14 heavy (non-hydrogen) atoms. The second-order valence-corrected chi connectivity index (χ2v) is 4.35. The summed E-state index contributed by atoms with van der Waals surface area (Å²) in [5, 5.41) is -0.386. The Hall–Kier alpha value is -0.570. The Morgan fingerprint density at radius 3 is 2.50 bits per heavy atom. The van der Waals surface area contributed by atoms with Crippen LogP contribution in [0.3, 0.4) is 0 Å². The molecule has 0 spiro atoms. The van der Waals surface area contributed by atoms with Gasteiger partial charge in [-0.15, -0.1) is 0 Å². The first-order valence-electron chi connectivity index (χ1n) is 4.87. The number of carbonyl (C=O) groups excluding carboxylic acids is 2. The summed E-state index contributed by atoms with van der Waals surface area (Å²) < 4.78 is 5.09. The molecule has 1 rings (SSSR count). The molecule has 1 saturated carbocycles. The second-order valence-electron chi connectivity index (χ2n) is 3.98. The highest BCUT2D eigenvalue weighted by atomic mass is 35.5. The number of rotatable bonds is 2. The van der Waals surface area contributed by atoms with Gasteiger partial charge in [-0.1, -0.05) is 6.92 Å².